The van der Waals surface area contributed by atoms with Gasteiger partial charge in [0.25, 0.3) is 0 Å². The zero-order valence-electron chi connectivity index (χ0n) is 15.3. The Bertz CT molecular complexity index is 516. The highest BCUT2D eigenvalue weighted by Crippen LogP contribution is 2.02. The van der Waals surface area contributed by atoms with Crippen LogP contribution in [0, 0.1) is 0 Å². The summed E-state index contributed by atoms with van der Waals surface area (Å²) in [5.41, 5.74) is 0.0684. The first-order chi connectivity index (χ1) is 11.2. The minimum absolute atomic E-state index is 0. The summed E-state index contributed by atoms with van der Waals surface area (Å²) < 4.78 is 1.75. The van der Waals surface area contributed by atoms with Crippen molar-refractivity contribution in [3.05, 3.63) is 34.7 Å². The van der Waals surface area contributed by atoms with Gasteiger partial charge in [-0.3, -0.25) is 9.79 Å². The Morgan fingerprint density at radius 1 is 1.25 bits per heavy atom. The molecule has 6 heteroatoms. The van der Waals surface area contributed by atoms with E-state index >= 15 is 0 Å². The van der Waals surface area contributed by atoms with Gasteiger partial charge in [0.2, 0.25) is 5.56 Å². The van der Waals surface area contributed by atoms with Crippen LogP contribution in [0.15, 0.2) is 34.2 Å². The van der Waals surface area contributed by atoms with E-state index in [0.29, 0.717) is 6.04 Å². The maximum atomic E-state index is 11.6. The highest BCUT2D eigenvalue weighted by molar-refractivity contribution is 14.0. The predicted octanol–water partition coefficient (Wildman–Crippen LogP) is 3.38. The van der Waals surface area contributed by atoms with Gasteiger partial charge in [-0.25, -0.2) is 0 Å². The molecule has 5 nitrogen and oxygen atoms in total. The van der Waals surface area contributed by atoms with E-state index in [-0.39, 0.29) is 29.5 Å². The second kappa shape index (κ2) is 14.3. The number of aliphatic imine (C=N–C) groups is 1. The lowest BCUT2D eigenvalue weighted by Gasteiger charge is -2.17. The minimum Gasteiger partial charge on any atom is -0.356 e. The zero-order valence-corrected chi connectivity index (χ0v) is 17.6. The van der Waals surface area contributed by atoms with Crippen LogP contribution < -0.4 is 16.2 Å². The largest absolute Gasteiger partial charge is 0.356 e. The van der Waals surface area contributed by atoms with E-state index < -0.39 is 0 Å². The van der Waals surface area contributed by atoms with Gasteiger partial charge in [0.1, 0.15) is 0 Å². The first-order valence-corrected chi connectivity index (χ1v) is 8.80. The van der Waals surface area contributed by atoms with Gasteiger partial charge in [0.15, 0.2) is 5.96 Å². The molecule has 0 radical (unpaired) electrons. The lowest BCUT2D eigenvalue weighted by molar-refractivity contribution is 0.542. The molecular formula is C18H33IN4O. The summed E-state index contributed by atoms with van der Waals surface area (Å²) in [5.74, 6) is 0.867. The van der Waals surface area contributed by atoms with Crippen molar-refractivity contribution >= 4 is 29.9 Å². The molecule has 1 aromatic heterocycles. The molecule has 1 aromatic rings. The molecule has 0 amide bonds. The second-order valence-electron chi connectivity index (χ2n) is 5.98. The van der Waals surface area contributed by atoms with E-state index in [2.05, 4.69) is 29.5 Å². The van der Waals surface area contributed by atoms with E-state index in [0.717, 1.165) is 31.9 Å². The summed E-state index contributed by atoms with van der Waals surface area (Å²) in [6.45, 7) is 6.05. The van der Waals surface area contributed by atoms with Crippen molar-refractivity contribution in [1.29, 1.82) is 0 Å². The van der Waals surface area contributed by atoms with Crippen molar-refractivity contribution in [1.82, 2.24) is 15.2 Å². The zero-order chi connectivity index (χ0) is 16.9. The summed E-state index contributed by atoms with van der Waals surface area (Å²) in [4.78, 5) is 15.9. The molecule has 1 rings (SSSR count). The lowest BCUT2D eigenvalue weighted by atomic mass is 10.1. The average Bonchev–Trinajstić information content (AvgIpc) is 2.55. The Morgan fingerprint density at radius 2 is 2.04 bits per heavy atom. The molecule has 2 N–H and O–H groups in total. The third kappa shape index (κ3) is 9.95. The molecule has 1 atom stereocenters. The van der Waals surface area contributed by atoms with E-state index in [1.54, 1.807) is 23.7 Å². The van der Waals surface area contributed by atoms with Crippen LogP contribution in [0.4, 0.5) is 0 Å². The lowest BCUT2D eigenvalue weighted by Crippen LogP contribution is -2.42. The normalized spacial score (nSPS) is 12.4. The number of pyridine rings is 1. The van der Waals surface area contributed by atoms with Gasteiger partial charge in [-0.1, -0.05) is 32.3 Å². The van der Waals surface area contributed by atoms with Crippen molar-refractivity contribution in [2.24, 2.45) is 4.99 Å². The van der Waals surface area contributed by atoms with Crippen LogP contribution in [0.5, 0.6) is 0 Å². The fourth-order valence-corrected chi connectivity index (χ4v) is 2.46. The van der Waals surface area contributed by atoms with Gasteiger partial charge in [-0.2, -0.15) is 0 Å². The first-order valence-electron chi connectivity index (χ1n) is 8.80. The Hall–Kier alpha value is -1.05. The van der Waals surface area contributed by atoms with Crippen LogP contribution in [0.1, 0.15) is 52.4 Å². The van der Waals surface area contributed by atoms with Crippen LogP contribution in [0.2, 0.25) is 0 Å². The molecule has 138 valence electrons. The highest BCUT2D eigenvalue weighted by Gasteiger charge is 2.04. The Kier molecular flexibility index (Phi) is 13.7. The molecule has 1 unspecified atom stereocenters. The van der Waals surface area contributed by atoms with Crippen LogP contribution in [-0.4, -0.2) is 30.2 Å². The molecule has 0 saturated carbocycles. The topological polar surface area (TPSA) is 58.4 Å². The Morgan fingerprint density at radius 3 is 2.71 bits per heavy atom. The summed E-state index contributed by atoms with van der Waals surface area (Å²) in [6.07, 6.45) is 8.79. The molecule has 1 heterocycles. The Balaban J connectivity index is 0.00000529. The van der Waals surface area contributed by atoms with Crippen LogP contribution in [0.25, 0.3) is 0 Å². The molecular weight excluding hydrogens is 415 g/mol. The van der Waals surface area contributed by atoms with Crippen molar-refractivity contribution in [2.45, 2.75) is 65.0 Å². The molecule has 0 aliphatic carbocycles. The maximum absolute atomic E-state index is 11.6. The summed E-state index contributed by atoms with van der Waals surface area (Å²) in [6, 6.07) is 5.71. The van der Waals surface area contributed by atoms with Crippen LogP contribution in [0.3, 0.4) is 0 Å². The number of nitrogens with zero attached hydrogens (tertiary/aromatic N) is 2. The van der Waals surface area contributed by atoms with Crippen molar-refractivity contribution in [3.63, 3.8) is 0 Å². The molecule has 0 aliphatic rings. The molecule has 24 heavy (non-hydrogen) atoms. The van der Waals surface area contributed by atoms with Gasteiger partial charge < -0.3 is 15.2 Å². The Labute approximate surface area is 163 Å². The number of aromatic nitrogens is 1. The minimum atomic E-state index is 0. The monoisotopic (exact) mass is 448 g/mol. The number of hydrogen-bond acceptors (Lipinski definition) is 2. The average molecular weight is 448 g/mol. The number of hydrogen-bond donors (Lipinski definition) is 2. The van der Waals surface area contributed by atoms with Crippen LogP contribution in [-0.2, 0) is 6.54 Å². The number of guanidine groups is 1. The van der Waals surface area contributed by atoms with E-state index in [1.165, 1.54) is 25.7 Å². The quantitative estimate of drug-likeness (QED) is 0.250. The SMILES string of the molecule is CCCCCC(C)NC(=NC)NCCCCn1ccccc1=O.I. The summed E-state index contributed by atoms with van der Waals surface area (Å²) in [5, 5.41) is 6.77. The van der Waals surface area contributed by atoms with Crippen molar-refractivity contribution in [2.75, 3.05) is 13.6 Å². The van der Waals surface area contributed by atoms with Gasteiger partial charge in [-0.15, -0.1) is 24.0 Å². The third-order valence-electron chi connectivity index (χ3n) is 3.86. The smallest absolute Gasteiger partial charge is 0.250 e. The van der Waals surface area contributed by atoms with E-state index in [1.807, 2.05) is 12.3 Å². The first kappa shape index (κ1) is 22.9. The molecule has 0 fully saturated rings. The highest BCUT2D eigenvalue weighted by atomic mass is 127. The maximum Gasteiger partial charge on any atom is 0.250 e. The summed E-state index contributed by atoms with van der Waals surface area (Å²) in [7, 11) is 1.80. The standard InChI is InChI=1S/C18H32N4O.HI/c1-4-5-6-11-16(2)21-18(19-3)20-13-8-10-15-22-14-9-7-12-17(22)23;/h7,9,12,14,16H,4-6,8,10-11,13,15H2,1-3H3,(H2,19,20,21);1H. The predicted molar refractivity (Wildman–Crippen MR) is 113 cm³/mol. The number of nitrogens with one attached hydrogen (secondary N) is 2. The molecule has 0 aliphatic heterocycles. The fourth-order valence-electron chi connectivity index (χ4n) is 2.46. The third-order valence-corrected chi connectivity index (χ3v) is 3.86. The number of rotatable bonds is 10. The van der Waals surface area contributed by atoms with Crippen molar-refractivity contribution in [3.8, 4) is 0 Å². The van der Waals surface area contributed by atoms with Gasteiger partial charge in [-0.05, 0) is 32.3 Å². The van der Waals surface area contributed by atoms with Gasteiger partial charge >= 0.3 is 0 Å². The number of aryl methyl sites for hydroxylation is 1. The molecule has 0 aromatic carbocycles. The number of unbranched alkanes of at least 4 members (excludes halogenated alkanes) is 3. The van der Waals surface area contributed by atoms with E-state index in [9.17, 15) is 4.79 Å². The fraction of sp³-hybridized carbons (Fsp3) is 0.667. The van der Waals surface area contributed by atoms with Gasteiger partial charge in [0, 0.05) is 38.4 Å². The number of halogens is 1. The second-order valence-corrected chi connectivity index (χ2v) is 5.98. The molecule has 0 spiro atoms. The molecule has 0 bridgehead atoms. The van der Waals surface area contributed by atoms with E-state index in [4.69, 9.17) is 0 Å². The molecule has 0 saturated heterocycles. The van der Waals surface area contributed by atoms with Gasteiger partial charge in [0.05, 0.1) is 0 Å². The van der Waals surface area contributed by atoms with Crippen LogP contribution >= 0.6 is 24.0 Å². The van der Waals surface area contributed by atoms with Crippen molar-refractivity contribution < 1.29 is 0 Å². The summed E-state index contributed by atoms with van der Waals surface area (Å²) >= 11 is 0.